The van der Waals surface area contributed by atoms with Crippen molar-refractivity contribution >= 4 is 23.6 Å². The Labute approximate surface area is 168 Å². The second kappa shape index (κ2) is 7.50. The Morgan fingerprint density at radius 2 is 1.59 bits per heavy atom. The van der Waals surface area contributed by atoms with Gasteiger partial charge in [-0.05, 0) is 42.7 Å². The van der Waals surface area contributed by atoms with Gasteiger partial charge >= 0.3 is 0 Å². The molecule has 4 amide bonds. The maximum Gasteiger partial charge on any atom is 0.262 e. The smallest absolute Gasteiger partial charge is 0.262 e. The largest absolute Gasteiger partial charge is 0.355 e. The Morgan fingerprint density at radius 3 is 2.10 bits per heavy atom. The number of carbonyl (C=O) groups excluding carboxylic acids is 4. The zero-order chi connectivity index (χ0) is 20.5. The molecule has 1 heterocycles. The first-order valence-electron chi connectivity index (χ1n) is 9.55. The van der Waals surface area contributed by atoms with E-state index in [4.69, 9.17) is 0 Å². The van der Waals surface area contributed by atoms with Crippen molar-refractivity contribution in [3.8, 4) is 0 Å². The van der Waals surface area contributed by atoms with Crippen LogP contribution in [0.3, 0.4) is 0 Å². The maximum atomic E-state index is 13.0. The van der Waals surface area contributed by atoms with Gasteiger partial charge in [0.1, 0.15) is 6.54 Å². The van der Waals surface area contributed by atoms with Crippen LogP contribution in [-0.4, -0.2) is 53.1 Å². The third-order valence-electron chi connectivity index (χ3n) is 5.28. The SMILES string of the molecule is CNC(=O)c1ccc(CN(C(=O)CN2C(=O)c3ccccc3C2=O)C2CC2)cc1. The first-order valence-corrected chi connectivity index (χ1v) is 9.55. The van der Waals surface area contributed by atoms with Crippen LogP contribution in [0.4, 0.5) is 0 Å². The van der Waals surface area contributed by atoms with E-state index in [-0.39, 0.29) is 24.4 Å². The highest BCUT2D eigenvalue weighted by molar-refractivity contribution is 6.22. The zero-order valence-corrected chi connectivity index (χ0v) is 16.1. The number of imide groups is 1. The van der Waals surface area contributed by atoms with Gasteiger partial charge in [0.05, 0.1) is 11.1 Å². The van der Waals surface area contributed by atoms with Gasteiger partial charge < -0.3 is 10.2 Å². The van der Waals surface area contributed by atoms with Crippen LogP contribution in [0.15, 0.2) is 48.5 Å². The number of nitrogens with zero attached hydrogens (tertiary/aromatic N) is 2. The van der Waals surface area contributed by atoms with Crippen molar-refractivity contribution in [2.75, 3.05) is 13.6 Å². The van der Waals surface area contributed by atoms with Crippen molar-refractivity contribution in [2.45, 2.75) is 25.4 Å². The van der Waals surface area contributed by atoms with E-state index < -0.39 is 11.8 Å². The van der Waals surface area contributed by atoms with Crippen molar-refractivity contribution in [1.29, 1.82) is 0 Å². The molecule has 29 heavy (non-hydrogen) atoms. The summed E-state index contributed by atoms with van der Waals surface area (Å²) >= 11 is 0. The zero-order valence-electron chi connectivity index (χ0n) is 16.1. The van der Waals surface area contributed by atoms with Crippen LogP contribution in [0, 0.1) is 0 Å². The number of rotatable bonds is 6. The molecule has 0 aromatic heterocycles. The van der Waals surface area contributed by atoms with Crippen molar-refractivity contribution in [1.82, 2.24) is 15.1 Å². The standard InChI is InChI=1S/C22H21N3O4/c1-23-20(27)15-8-6-14(7-9-15)12-24(16-10-11-16)19(26)13-25-21(28)17-4-2-3-5-18(17)22(25)29/h2-9,16H,10-13H2,1H3,(H,23,27). The van der Waals surface area contributed by atoms with Crippen molar-refractivity contribution in [3.63, 3.8) is 0 Å². The molecular formula is C22H21N3O4. The molecule has 0 unspecified atom stereocenters. The lowest BCUT2D eigenvalue weighted by atomic mass is 10.1. The van der Waals surface area contributed by atoms with Crippen LogP contribution in [0.25, 0.3) is 0 Å². The summed E-state index contributed by atoms with van der Waals surface area (Å²) in [7, 11) is 1.57. The normalized spacial score (nSPS) is 15.3. The molecule has 1 N–H and O–H groups in total. The number of carbonyl (C=O) groups is 4. The predicted molar refractivity (Wildman–Crippen MR) is 105 cm³/mol. The average Bonchev–Trinajstić information content (AvgIpc) is 3.56. The Bertz CT molecular complexity index is 960. The quantitative estimate of drug-likeness (QED) is 0.761. The maximum absolute atomic E-state index is 13.0. The average molecular weight is 391 g/mol. The van der Waals surface area contributed by atoms with E-state index in [0.717, 1.165) is 23.3 Å². The lowest BCUT2D eigenvalue weighted by Crippen LogP contribution is -2.43. The summed E-state index contributed by atoms with van der Waals surface area (Å²) in [6.45, 7) is 0.111. The fourth-order valence-electron chi connectivity index (χ4n) is 3.52. The minimum atomic E-state index is -0.426. The number of fused-ring (bicyclic) bond motifs is 1. The molecule has 2 aromatic rings. The van der Waals surface area contributed by atoms with Crippen molar-refractivity contribution in [3.05, 3.63) is 70.8 Å². The number of benzene rings is 2. The molecule has 0 saturated heterocycles. The van der Waals surface area contributed by atoms with Crippen LogP contribution >= 0.6 is 0 Å². The van der Waals surface area contributed by atoms with Gasteiger partial charge in [-0.25, -0.2) is 0 Å². The summed E-state index contributed by atoms with van der Waals surface area (Å²) < 4.78 is 0. The molecule has 148 valence electrons. The van der Waals surface area contributed by atoms with Crippen LogP contribution in [0.1, 0.15) is 49.5 Å². The summed E-state index contributed by atoms with van der Waals surface area (Å²) in [4.78, 5) is 52.5. The van der Waals surface area contributed by atoms with Crippen LogP contribution in [-0.2, 0) is 11.3 Å². The number of amides is 4. The van der Waals surface area contributed by atoms with Gasteiger partial charge in [-0.15, -0.1) is 0 Å². The molecular weight excluding hydrogens is 370 g/mol. The topological polar surface area (TPSA) is 86.8 Å². The number of nitrogens with one attached hydrogen (secondary N) is 1. The summed E-state index contributed by atoms with van der Waals surface area (Å²) in [6, 6.07) is 13.8. The Kier molecular flexibility index (Phi) is 4.88. The Hall–Kier alpha value is -3.48. The molecule has 7 nitrogen and oxygen atoms in total. The van der Waals surface area contributed by atoms with Gasteiger partial charge in [0.15, 0.2) is 0 Å². The molecule has 1 aliphatic heterocycles. The first-order chi connectivity index (χ1) is 14.0. The first kappa shape index (κ1) is 18.9. The van der Waals surface area contributed by atoms with E-state index in [2.05, 4.69) is 5.32 Å². The highest BCUT2D eigenvalue weighted by Crippen LogP contribution is 2.29. The van der Waals surface area contributed by atoms with Gasteiger partial charge in [-0.2, -0.15) is 0 Å². The summed E-state index contributed by atoms with van der Waals surface area (Å²) in [5.74, 6) is -1.27. The van der Waals surface area contributed by atoms with Crippen LogP contribution < -0.4 is 5.32 Å². The van der Waals surface area contributed by atoms with Crippen LogP contribution in [0.5, 0.6) is 0 Å². The van der Waals surface area contributed by atoms with E-state index in [1.54, 1.807) is 48.3 Å². The van der Waals surface area contributed by atoms with Crippen molar-refractivity contribution < 1.29 is 19.2 Å². The molecule has 1 saturated carbocycles. The molecule has 2 aliphatic rings. The van der Waals surface area contributed by atoms with E-state index >= 15 is 0 Å². The molecule has 7 heteroatoms. The fourth-order valence-corrected chi connectivity index (χ4v) is 3.52. The van der Waals surface area contributed by atoms with E-state index in [9.17, 15) is 19.2 Å². The minimum absolute atomic E-state index is 0.122. The molecule has 1 fully saturated rings. The third-order valence-corrected chi connectivity index (χ3v) is 5.28. The fraction of sp³-hybridized carbons (Fsp3) is 0.273. The van der Waals surface area contributed by atoms with E-state index in [1.165, 1.54) is 0 Å². The summed E-state index contributed by atoms with van der Waals surface area (Å²) in [5, 5.41) is 2.57. The van der Waals surface area contributed by atoms with Gasteiger partial charge in [0, 0.05) is 25.2 Å². The third kappa shape index (κ3) is 3.63. The molecule has 4 rings (SSSR count). The van der Waals surface area contributed by atoms with Gasteiger partial charge in [-0.1, -0.05) is 24.3 Å². The number of hydrogen-bond donors (Lipinski definition) is 1. The monoisotopic (exact) mass is 391 g/mol. The molecule has 0 spiro atoms. The summed E-state index contributed by atoms with van der Waals surface area (Å²) in [6.07, 6.45) is 1.81. The lowest BCUT2D eigenvalue weighted by molar-refractivity contribution is -0.132. The van der Waals surface area contributed by atoms with E-state index in [1.807, 2.05) is 12.1 Å². The van der Waals surface area contributed by atoms with Gasteiger partial charge in [0.2, 0.25) is 5.91 Å². The molecule has 1 aliphatic carbocycles. The molecule has 2 aromatic carbocycles. The van der Waals surface area contributed by atoms with Gasteiger partial charge in [-0.3, -0.25) is 24.1 Å². The highest BCUT2D eigenvalue weighted by atomic mass is 16.2. The van der Waals surface area contributed by atoms with Crippen LogP contribution in [0.2, 0.25) is 0 Å². The molecule has 0 radical (unpaired) electrons. The minimum Gasteiger partial charge on any atom is -0.355 e. The Balaban J connectivity index is 1.47. The van der Waals surface area contributed by atoms with Crippen molar-refractivity contribution in [2.24, 2.45) is 0 Å². The molecule has 0 atom stereocenters. The summed E-state index contributed by atoms with van der Waals surface area (Å²) in [5.41, 5.74) is 2.12. The second-order valence-electron chi connectivity index (χ2n) is 7.27. The second-order valence-corrected chi connectivity index (χ2v) is 7.27. The van der Waals surface area contributed by atoms with E-state index in [0.29, 0.717) is 23.2 Å². The molecule has 0 bridgehead atoms. The Morgan fingerprint density at radius 1 is 1.00 bits per heavy atom. The highest BCUT2D eigenvalue weighted by Gasteiger charge is 2.39. The number of hydrogen-bond acceptors (Lipinski definition) is 4. The predicted octanol–water partition coefficient (Wildman–Crippen LogP) is 1.83. The lowest BCUT2D eigenvalue weighted by Gasteiger charge is -2.25. The van der Waals surface area contributed by atoms with Gasteiger partial charge in [0.25, 0.3) is 17.7 Å².